The molecule has 2 atom stereocenters. The van der Waals surface area contributed by atoms with E-state index in [0.717, 1.165) is 11.8 Å². The van der Waals surface area contributed by atoms with Gasteiger partial charge in [0.05, 0.1) is 24.5 Å². The molecule has 0 aromatic carbocycles. The highest BCUT2D eigenvalue weighted by Gasteiger charge is 2.16. The first-order valence-corrected chi connectivity index (χ1v) is 6.62. The van der Waals surface area contributed by atoms with E-state index in [-0.39, 0.29) is 12.1 Å². The van der Waals surface area contributed by atoms with E-state index in [2.05, 4.69) is 20.7 Å². The summed E-state index contributed by atoms with van der Waals surface area (Å²) in [4.78, 5) is 15.6. The fourth-order valence-corrected chi connectivity index (χ4v) is 2.00. The van der Waals surface area contributed by atoms with Crippen LogP contribution >= 0.6 is 0 Å². The topological polar surface area (TPSA) is 71.8 Å². The van der Waals surface area contributed by atoms with Crippen molar-refractivity contribution in [1.29, 1.82) is 0 Å². The fraction of sp³-hybridized carbons (Fsp3) is 0.357. The number of aryl methyl sites for hydroxylation is 1. The standard InChI is InChI=1S/C14H18FN5O/c1-9(11-6-17-20(3)8-11)18-14(21)19-10(2)12-4-5-16-7-13(12)15/h4-10H,1-3H3,(H2,18,19,21)/t9-,10-/m1/s1. The van der Waals surface area contributed by atoms with Crippen LogP contribution in [0.2, 0.25) is 0 Å². The van der Waals surface area contributed by atoms with Crippen molar-refractivity contribution in [3.63, 3.8) is 0 Å². The van der Waals surface area contributed by atoms with Gasteiger partial charge in [-0.2, -0.15) is 5.10 Å². The van der Waals surface area contributed by atoms with Crippen molar-refractivity contribution in [1.82, 2.24) is 25.4 Å². The molecule has 0 saturated carbocycles. The molecule has 0 bridgehead atoms. The molecule has 0 spiro atoms. The van der Waals surface area contributed by atoms with Gasteiger partial charge in [0.15, 0.2) is 0 Å². The summed E-state index contributed by atoms with van der Waals surface area (Å²) < 4.78 is 15.2. The average Bonchev–Trinajstić information content (AvgIpc) is 2.85. The molecule has 0 unspecified atom stereocenters. The van der Waals surface area contributed by atoms with Gasteiger partial charge < -0.3 is 10.6 Å². The minimum absolute atomic E-state index is 0.187. The number of carbonyl (C=O) groups excluding carboxylic acids is 1. The van der Waals surface area contributed by atoms with Crippen LogP contribution in [0.1, 0.15) is 37.1 Å². The van der Waals surface area contributed by atoms with Gasteiger partial charge in [0.2, 0.25) is 0 Å². The Kier molecular flexibility index (Phi) is 4.52. The Morgan fingerprint density at radius 1 is 1.29 bits per heavy atom. The molecule has 2 aromatic rings. The molecule has 0 fully saturated rings. The number of hydrogen-bond acceptors (Lipinski definition) is 3. The van der Waals surface area contributed by atoms with Gasteiger partial charge in [-0.3, -0.25) is 9.67 Å². The predicted molar refractivity (Wildman–Crippen MR) is 75.9 cm³/mol. The lowest BCUT2D eigenvalue weighted by atomic mass is 10.1. The molecule has 2 N–H and O–H groups in total. The number of urea groups is 1. The molecule has 2 rings (SSSR count). The molecule has 21 heavy (non-hydrogen) atoms. The molecule has 0 saturated heterocycles. The molecule has 2 aromatic heterocycles. The zero-order chi connectivity index (χ0) is 15.4. The fourth-order valence-electron chi connectivity index (χ4n) is 2.00. The van der Waals surface area contributed by atoms with Crippen LogP contribution in [0.4, 0.5) is 9.18 Å². The van der Waals surface area contributed by atoms with E-state index >= 15 is 0 Å². The molecule has 7 heteroatoms. The van der Waals surface area contributed by atoms with Crippen LogP contribution in [0.15, 0.2) is 30.9 Å². The van der Waals surface area contributed by atoms with Crippen molar-refractivity contribution < 1.29 is 9.18 Å². The maximum absolute atomic E-state index is 13.6. The van der Waals surface area contributed by atoms with E-state index in [4.69, 9.17) is 0 Å². The molecule has 6 nitrogen and oxygen atoms in total. The maximum Gasteiger partial charge on any atom is 0.315 e. The van der Waals surface area contributed by atoms with Gasteiger partial charge >= 0.3 is 6.03 Å². The molecule has 112 valence electrons. The van der Waals surface area contributed by atoms with Crippen molar-refractivity contribution in [2.45, 2.75) is 25.9 Å². The third-order valence-corrected chi connectivity index (χ3v) is 3.19. The summed E-state index contributed by atoms with van der Waals surface area (Å²) in [6.07, 6.45) is 6.14. The highest BCUT2D eigenvalue weighted by Crippen LogP contribution is 2.15. The number of rotatable bonds is 4. The molecule has 0 radical (unpaired) electrons. The third-order valence-electron chi connectivity index (χ3n) is 3.19. The second-order valence-electron chi connectivity index (χ2n) is 4.91. The highest BCUT2D eigenvalue weighted by molar-refractivity contribution is 5.74. The van der Waals surface area contributed by atoms with Crippen LogP contribution in [0.5, 0.6) is 0 Å². The van der Waals surface area contributed by atoms with E-state index in [9.17, 15) is 9.18 Å². The first kappa shape index (κ1) is 15.0. The summed E-state index contributed by atoms with van der Waals surface area (Å²) in [5.41, 5.74) is 1.30. The quantitative estimate of drug-likeness (QED) is 0.906. The van der Waals surface area contributed by atoms with Crippen LogP contribution in [0.3, 0.4) is 0 Å². The monoisotopic (exact) mass is 291 g/mol. The van der Waals surface area contributed by atoms with Gasteiger partial charge in [0, 0.05) is 30.6 Å². The zero-order valence-electron chi connectivity index (χ0n) is 12.2. The summed E-state index contributed by atoms with van der Waals surface area (Å²) in [6.45, 7) is 3.57. The zero-order valence-corrected chi connectivity index (χ0v) is 12.2. The average molecular weight is 291 g/mol. The summed E-state index contributed by atoms with van der Waals surface area (Å²) in [7, 11) is 1.81. The highest BCUT2D eigenvalue weighted by atomic mass is 19.1. The number of carbonyl (C=O) groups is 1. The number of nitrogens with zero attached hydrogens (tertiary/aromatic N) is 3. The van der Waals surface area contributed by atoms with E-state index in [1.165, 1.54) is 6.20 Å². The van der Waals surface area contributed by atoms with Crippen LogP contribution in [-0.2, 0) is 7.05 Å². The Bertz CT molecular complexity index is 627. The number of amides is 2. The van der Waals surface area contributed by atoms with Gasteiger partial charge in [0.1, 0.15) is 5.82 Å². The van der Waals surface area contributed by atoms with Crippen molar-refractivity contribution in [2.24, 2.45) is 7.05 Å². The first-order chi connectivity index (χ1) is 9.97. The molecule has 2 heterocycles. The number of nitrogens with one attached hydrogen (secondary N) is 2. The van der Waals surface area contributed by atoms with Gasteiger partial charge in [-0.15, -0.1) is 0 Å². The van der Waals surface area contributed by atoms with Crippen LogP contribution in [-0.4, -0.2) is 20.8 Å². The molecular formula is C14H18FN5O. The van der Waals surface area contributed by atoms with Crippen molar-refractivity contribution in [2.75, 3.05) is 0 Å². The lowest BCUT2D eigenvalue weighted by Gasteiger charge is -2.18. The Balaban J connectivity index is 1.94. The predicted octanol–water partition coefficient (Wildman–Crippen LogP) is 2.08. The Hall–Kier alpha value is -2.44. The summed E-state index contributed by atoms with van der Waals surface area (Å²) in [6, 6.07) is 0.544. The minimum atomic E-state index is -0.450. The number of hydrogen-bond donors (Lipinski definition) is 2. The summed E-state index contributed by atoms with van der Waals surface area (Å²) in [5.74, 6) is -0.439. The smallest absolute Gasteiger partial charge is 0.315 e. The normalized spacial score (nSPS) is 13.5. The molecule has 0 aliphatic rings. The second kappa shape index (κ2) is 6.34. The number of pyridine rings is 1. The number of aromatic nitrogens is 3. The largest absolute Gasteiger partial charge is 0.332 e. The molecule has 2 amide bonds. The second-order valence-corrected chi connectivity index (χ2v) is 4.91. The van der Waals surface area contributed by atoms with Crippen molar-refractivity contribution in [3.05, 3.63) is 47.8 Å². The van der Waals surface area contributed by atoms with Crippen LogP contribution < -0.4 is 10.6 Å². The van der Waals surface area contributed by atoms with Gasteiger partial charge in [0.25, 0.3) is 0 Å². The van der Waals surface area contributed by atoms with Crippen molar-refractivity contribution in [3.8, 4) is 0 Å². The third kappa shape index (κ3) is 3.77. The van der Waals surface area contributed by atoms with Gasteiger partial charge in [-0.25, -0.2) is 9.18 Å². The molecule has 0 aliphatic carbocycles. The first-order valence-electron chi connectivity index (χ1n) is 6.62. The van der Waals surface area contributed by atoms with Crippen molar-refractivity contribution >= 4 is 6.03 Å². The molecule has 0 aliphatic heterocycles. The van der Waals surface area contributed by atoms with Crippen LogP contribution in [0.25, 0.3) is 0 Å². The van der Waals surface area contributed by atoms with Crippen LogP contribution in [0, 0.1) is 5.82 Å². The maximum atomic E-state index is 13.6. The minimum Gasteiger partial charge on any atom is -0.332 e. The van der Waals surface area contributed by atoms with Gasteiger partial charge in [-0.1, -0.05) is 0 Å². The SMILES string of the molecule is C[C@@H](NC(=O)N[C@H](C)c1ccncc1F)c1cnn(C)c1. The van der Waals surface area contributed by atoms with E-state index < -0.39 is 11.9 Å². The lowest BCUT2D eigenvalue weighted by Crippen LogP contribution is -2.38. The van der Waals surface area contributed by atoms with Gasteiger partial charge in [-0.05, 0) is 19.9 Å². The lowest BCUT2D eigenvalue weighted by molar-refractivity contribution is 0.234. The van der Waals surface area contributed by atoms with E-state index in [1.807, 2.05) is 20.2 Å². The summed E-state index contributed by atoms with van der Waals surface area (Å²) in [5, 5.41) is 9.54. The summed E-state index contributed by atoms with van der Waals surface area (Å²) >= 11 is 0. The molecular weight excluding hydrogens is 273 g/mol. The Morgan fingerprint density at radius 3 is 2.62 bits per heavy atom. The van der Waals surface area contributed by atoms with E-state index in [0.29, 0.717) is 5.56 Å². The Labute approximate surface area is 122 Å². The van der Waals surface area contributed by atoms with E-state index in [1.54, 1.807) is 23.9 Å². The number of halogens is 1. The Morgan fingerprint density at radius 2 is 2.00 bits per heavy atom.